The second-order valence-corrected chi connectivity index (χ2v) is 8.80. The first kappa shape index (κ1) is 18.1. The van der Waals surface area contributed by atoms with Crippen LogP contribution in [0.3, 0.4) is 0 Å². The van der Waals surface area contributed by atoms with E-state index >= 15 is 0 Å². The third-order valence-corrected chi connectivity index (χ3v) is 6.37. The molecule has 0 bridgehead atoms. The molecule has 0 spiro atoms. The van der Waals surface area contributed by atoms with Crippen molar-refractivity contribution in [3.8, 4) is 17.2 Å². The summed E-state index contributed by atoms with van der Waals surface area (Å²) in [6, 6.07) is 8.73. The predicted octanol–water partition coefficient (Wildman–Crippen LogP) is 5.32. The maximum absolute atomic E-state index is 12.3. The first-order chi connectivity index (χ1) is 14.0. The number of hydrogen-bond acceptors (Lipinski definition) is 3. The van der Waals surface area contributed by atoms with E-state index in [9.17, 15) is 10.1 Å². The van der Waals surface area contributed by atoms with Crippen LogP contribution in [0.25, 0.3) is 32.9 Å². The van der Waals surface area contributed by atoms with E-state index in [1.54, 1.807) is 4.68 Å². The predicted molar refractivity (Wildman–Crippen MR) is 117 cm³/mol. The fourth-order valence-corrected chi connectivity index (χ4v) is 5.23. The molecule has 29 heavy (non-hydrogen) atoms. The van der Waals surface area contributed by atoms with Gasteiger partial charge >= 0.3 is 0 Å². The second-order valence-electron chi connectivity index (χ2n) is 7.88. The minimum Gasteiger partial charge on any atom is -0.338 e. The SMILES string of the molecule is CC(C)n1c2ccc(Br)cc2c2c(C#N)c(C=O)c3c(c21)CCc1nn(C)cc1-3. The Morgan fingerprint density at radius 1 is 1.31 bits per heavy atom. The molecule has 0 saturated carbocycles. The smallest absolute Gasteiger partial charge is 0.152 e. The molecular formula is C23H19BrN4O. The van der Waals surface area contributed by atoms with Gasteiger partial charge in [-0.1, -0.05) is 15.9 Å². The molecule has 2 aromatic heterocycles. The number of rotatable bonds is 2. The highest BCUT2D eigenvalue weighted by atomic mass is 79.9. The van der Waals surface area contributed by atoms with Crippen LogP contribution in [-0.2, 0) is 19.9 Å². The van der Waals surface area contributed by atoms with Gasteiger partial charge in [0.1, 0.15) is 6.07 Å². The molecule has 4 aromatic rings. The summed E-state index contributed by atoms with van der Waals surface area (Å²) < 4.78 is 5.06. The summed E-state index contributed by atoms with van der Waals surface area (Å²) in [4.78, 5) is 12.3. The quantitative estimate of drug-likeness (QED) is 0.391. The van der Waals surface area contributed by atoms with Crippen molar-refractivity contribution in [3.63, 3.8) is 0 Å². The highest BCUT2D eigenvalue weighted by Gasteiger charge is 2.30. The maximum atomic E-state index is 12.3. The van der Waals surface area contributed by atoms with Crippen LogP contribution in [0, 0.1) is 11.3 Å². The summed E-state index contributed by atoms with van der Waals surface area (Å²) in [5.41, 5.74) is 7.05. The van der Waals surface area contributed by atoms with Crippen LogP contribution in [0.5, 0.6) is 0 Å². The van der Waals surface area contributed by atoms with E-state index in [1.807, 2.05) is 19.3 Å². The van der Waals surface area contributed by atoms with E-state index in [-0.39, 0.29) is 6.04 Å². The Labute approximate surface area is 176 Å². The number of carbonyl (C=O) groups excluding carboxylic acids is 1. The lowest BCUT2D eigenvalue weighted by Gasteiger charge is -2.22. The Bertz CT molecular complexity index is 1380. The van der Waals surface area contributed by atoms with E-state index < -0.39 is 0 Å². The molecule has 0 fully saturated rings. The molecule has 2 aromatic carbocycles. The van der Waals surface area contributed by atoms with Gasteiger partial charge in [0.05, 0.1) is 16.8 Å². The highest BCUT2D eigenvalue weighted by Crippen LogP contribution is 2.45. The topological polar surface area (TPSA) is 63.6 Å². The van der Waals surface area contributed by atoms with Gasteiger partial charge in [-0.05, 0) is 50.5 Å². The monoisotopic (exact) mass is 446 g/mol. The van der Waals surface area contributed by atoms with Crippen molar-refractivity contribution in [1.29, 1.82) is 5.26 Å². The number of aldehydes is 1. The molecule has 0 amide bonds. The molecule has 144 valence electrons. The summed E-state index contributed by atoms with van der Waals surface area (Å²) in [5.74, 6) is 0. The zero-order chi connectivity index (χ0) is 20.4. The molecule has 2 heterocycles. The van der Waals surface area contributed by atoms with Crippen LogP contribution < -0.4 is 0 Å². The number of nitrogens with zero attached hydrogens (tertiary/aromatic N) is 4. The van der Waals surface area contributed by atoms with Crippen molar-refractivity contribution in [2.24, 2.45) is 7.05 Å². The molecule has 5 rings (SSSR count). The molecule has 0 atom stereocenters. The van der Waals surface area contributed by atoms with Crippen LogP contribution in [-0.4, -0.2) is 20.6 Å². The molecule has 0 aliphatic heterocycles. The molecule has 0 saturated heterocycles. The van der Waals surface area contributed by atoms with E-state index in [1.165, 1.54) is 0 Å². The first-order valence-corrected chi connectivity index (χ1v) is 10.5. The number of carbonyl (C=O) groups is 1. The van der Waals surface area contributed by atoms with Crippen molar-refractivity contribution in [2.45, 2.75) is 32.7 Å². The Kier molecular flexibility index (Phi) is 3.94. The zero-order valence-corrected chi connectivity index (χ0v) is 18.0. The van der Waals surface area contributed by atoms with Crippen LogP contribution in [0.1, 0.15) is 47.1 Å². The Morgan fingerprint density at radius 3 is 2.79 bits per heavy atom. The Morgan fingerprint density at radius 2 is 2.10 bits per heavy atom. The van der Waals surface area contributed by atoms with Gasteiger partial charge in [0.2, 0.25) is 0 Å². The van der Waals surface area contributed by atoms with E-state index in [0.717, 1.165) is 67.8 Å². The summed E-state index contributed by atoms with van der Waals surface area (Å²) in [7, 11) is 1.89. The van der Waals surface area contributed by atoms with Crippen molar-refractivity contribution >= 4 is 44.0 Å². The summed E-state index contributed by atoms with van der Waals surface area (Å²) >= 11 is 3.57. The van der Waals surface area contributed by atoms with E-state index in [2.05, 4.69) is 57.6 Å². The second kappa shape index (κ2) is 6.30. The van der Waals surface area contributed by atoms with Crippen molar-refractivity contribution < 1.29 is 4.79 Å². The zero-order valence-electron chi connectivity index (χ0n) is 16.5. The van der Waals surface area contributed by atoms with Crippen molar-refractivity contribution in [2.75, 3.05) is 0 Å². The molecule has 1 aliphatic carbocycles. The minimum absolute atomic E-state index is 0.212. The number of hydrogen-bond donors (Lipinski definition) is 0. The highest BCUT2D eigenvalue weighted by molar-refractivity contribution is 9.10. The lowest BCUT2D eigenvalue weighted by Crippen LogP contribution is -2.11. The van der Waals surface area contributed by atoms with Crippen LogP contribution in [0.4, 0.5) is 0 Å². The van der Waals surface area contributed by atoms with E-state index in [0.29, 0.717) is 11.1 Å². The molecule has 0 N–H and O–H groups in total. The third kappa shape index (κ3) is 2.37. The van der Waals surface area contributed by atoms with Gasteiger partial charge in [0, 0.05) is 56.7 Å². The number of fused-ring (bicyclic) bond motifs is 7. The van der Waals surface area contributed by atoms with Crippen LogP contribution >= 0.6 is 15.9 Å². The number of benzene rings is 2. The van der Waals surface area contributed by atoms with Gasteiger partial charge in [-0.2, -0.15) is 10.4 Å². The third-order valence-electron chi connectivity index (χ3n) is 5.87. The fourth-order valence-electron chi connectivity index (χ4n) is 4.87. The first-order valence-electron chi connectivity index (χ1n) is 9.66. The van der Waals surface area contributed by atoms with Crippen LogP contribution in [0.2, 0.25) is 0 Å². The number of halogens is 1. The Hall–Kier alpha value is -2.91. The average molecular weight is 447 g/mol. The fraction of sp³-hybridized carbons (Fsp3) is 0.261. The van der Waals surface area contributed by atoms with Gasteiger partial charge in [0.15, 0.2) is 6.29 Å². The summed E-state index contributed by atoms with van der Waals surface area (Å²) in [6.07, 6.45) is 4.43. The number of aromatic nitrogens is 3. The lowest BCUT2D eigenvalue weighted by atomic mass is 9.82. The average Bonchev–Trinajstić information content (AvgIpc) is 3.23. The molecule has 5 nitrogen and oxygen atoms in total. The molecule has 1 aliphatic rings. The normalized spacial score (nSPS) is 13.0. The van der Waals surface area contributed by atoms with Gasteiger partial charge < -0.3 is 4.57 Å². The molecule has 0 unspecified atom stereocenters. The number of nitriles is 1. The molecular weight excluding hydrogens is 428 g/mol. The van der Waals surface area contributed by atoms with Gasteiger partial charge in [0.25, 0.3) is 0 Å². The van der Waals surface area contributed by atoms with Gasteiger partial charge in [-0.3, -0.25) is 9.48 Å². The van der Waals surface area contributed by atoms with Gasteiger partial charge in [-0.25, -0.2) is 0 Å². The van der Waals surface area contributed by atoms with Crippen molar-refractivity contribution in [3.05, 3.63) is 51.3 Å². The standard InChI is InChI=1S/C23H19BrN4O/c1-12(2)28-20-7-4-13(24)8-15(20)22-16(9-25)18(11-29)21-14(23(22)28)5-6-19-17(21)10-27(3)26-19/h4,7-8,10-12H,5-6H2,1-3H3. The van der Waals surface area contributed by atoms with Gasteiger partial charge in [-0.15, -0.1) is 0 Å². The number of aryl methyl sites for hydroxylation is 3. The largest absolute Gasteiger partial charge is 0.338 e. The van der Waals surface area contributed by atoms with Crippen LogP contribution in [0.15, 0.2) is 28.9 Å². The molecule has 0 radical (unpaired) electrons. The van der Waals surface area contributed by atoms with Crippen molar-refractivity contribution in [1.82, 2.24) is 14.3 Å². The summed E-state index contributed by atoms with van der Waals surface area (Å²) in [6.45, 7) is 4.32. The lowest BCUT2D eigenvalue weighted by molar-refractivity contribution is 0.112. The minimum atomic E-state index is 0.212. The van der Waals surface area contributed by atoms with E-state index in [4.69, 9.17) is 0 Å². The maximum Gasteiger partial charge on any atom is 0.152 e. The Balaban J connectivity index is 2.11. The summed E-state index contributed by atoms with van der Waals surface area (Å²) in [5, 5.41) is 16.6. The molecule has 6 heteroatoms.